The second-order valence-electron chi connectivity index (χ2n) is 4.82. The Kier molecular flexibility index (Phi) is 7.15. The minimum absolute atomic E-state index is 0.115. The normalized spacial score (nSPS) is 11.3. The molecular weight excluding hydrogens is 396 g/mol. The van der Waals surface area contributed by atoms with E-state index in [0.717, 1.165) is 21.5 Å². The number of benzene rings is 2. The van der Waals surface area contributed by atoms with Gasteiger partial charge in [0.2, 0.25) is 5.91 Å². The summed E-state index contributed by atoms with van der Waals surface area (Å²) in [4.78, 5) is 11.8. The Labute approximate surface area is 153 Å². The molecule has 0 saturated heterocycles. The number of hydrogen-bond donors (Lipinski definition) is 1. The van der Waals surface area contributed by atoms with Gasteiger partial charge in [0.05, 0.1) is 11.5 Å². The lowest BCUT2D eigenvalue weighted by Gasteiger charge is -2.05. The largest absolute Gasteiger partial charge is 0.272 e. The van der Waals surface area contributed by atoms with Crippen molar-refractivity contribution < 1.29 is 4.79 Å². The highest BCUT2D eigenvalue weighted by Crippen LogP contribution is 2.21. The van der Waals surface area contributed by atoms with E-state index in [-0.39, 0.29) is 5.91 Å². The summed E-state index contributed by atoms with van der Waals surface area (Å²) in [5, 5.41) is 4.79. The van der Waals surface area contributed by atoms with Crippen LogP contribution in [-0.4, -0.2) is 17.4 Å². The maximum Gasteiger partial charge on any atom is 0.250 e. The van der Waals surface area contributed by atoms with Crippen molar-refractivity contribution in [2.45, 2.75) is 12.7 Å². The third-order valence-corrected chi connectivity index (χ3v) is 5.07. The zero-order chi connectivity index (χ0) is 16.7. The highest BCUT2D eigenvalue weighted by Gasteiger charge is 2.04. The minimum atomic E-state index is -0.115. The molecule has 0 aliphatic carbocycles. The van der Waals surface area contributed by atoms with Crippen LogP contribution in [0.1, 0.15) is 18.1 Å². The fraction of sp³-hybridized carbons (Fsp3) is 0.176. The predicted molar refractivity (Wildman–Crippen MR) is 102 cm³/mol. The van der Waals surface area contributed by atoms with Crippen LogP contribution in [0.25, 0.3) is 0 Å². The molecule has 0 aliphatic rings. The smallest absolute Gasteiger partial charge is 0.250 e. The number of rotatable bonds is 6. The monoisotopic (exact) mass is 410 g/mol. The Hall–Kier alpha value is -1.30. The SMILES string of the molecule is C/C(=N/NC(=O)CSCc1ccccc1Br)c1ccc(Cl)cc1. The third-order valence-electron chi connectivity index (χ3n) is 3.06. The van der Waals surface area contributed by atoms with Crippen LogP contribution in [0, 0.1) is 0 Å². The van der Waals surface area contributed by atoms with Crippen molar-refractivity contribution in [3.63, 3.8) is 0 Å². The maximum absolute atomic E-state index is 11.8. The first-order chi connectivity index (χ1) is 11.1. The minimum Gasteiger partial charge on any atom is -0.272 e. The summed E-state index contributed by atoms with van der Waals surface area (Å²) in [6, 6.07) is 15.3. The summed E-state index contributed by atoms with van der Waals surface area (Å²) >= 11 is 10.9. The third kappa shape index (κ3) is 6.01. The summed E-state index contributed by atoms with van der Waals surface area (Å²) in [7, 11) is 0. The van der Waals surface area contributed by atoms with Crippen LogP contribution in [0.5, 0.6) is 0 Å². The van der Waals surface area contributed by atoms with Gasteiger partial charge in [-0.1, -0.05) is 57.9 Å². The molecule has 0 aromatic heterocycles. The average molecular weight is 412 g/mol. The first kappa shape index (κ1) is 18.0. The van der Waals surface area contributed by atoms with Crippen LogP contribution >= 0.6 is 39.3 Å². The van der Waals surface area contributed by atoms with Gasteiger partial charge in [-0.25, -0.2) is 5.43 Å². The number of nitrogens with one attached hydrogen (secondary N) is 1. The van der Waals surface area contributed by atoms with Crippen LogP contribution in [0.3, 0.4) is 0 Å². The number of nitrogens with zero attached hydrogens (tertiary/aromatic N) is 1. The molecule has 2 aromatic rings. The lowest BCUT2D eigenvalue weighted by Crippen LogP contribution is -2.21. The van der Waals surface area contributed by atoms with Crippen molar-refractivity contribution in [1.82, 2.24) is 5.43 Å². The molecule has 3 nitrogen and oxygen atoms in total. The molecule has 0 fully saturated rings. The van der Waals surface area contributed by atoms with E-state index < -0.39 is 0 Å². The van der Waals surface area contributed by atoms with Crippen molar-refractivity contribution in [3.05, 3.63) is 69.2 Å². The molecule has 2 rings (SSSR count). The van der Waals surface area contributed by atoms with E-state index in [1.54, 1.807) is 23.9 Å². The van der Waals surface area contributed by atoms with Gasteiger partial charge in [0.25, 0.3) is 0 Å². The molecule has 0 aliphatic heterocycles. The number of thioether (sulfide) groups is 1. The molecule has 0 bridgehead atoms. The molecule has 1 amide bonds. The topological polar surface area (TPSA) is 41.5 Å². The van der Waals surface area contributed by atoms with E-state index in [0.29, 0.717) is 10.8 Å². The number of amides is 1. The van der Waals surface area contributed by atoms with Crippen molar-refractivity contribution in [2.75, 3.05) is 5.75 Å². The summed E-state index contributed by atoms with van der Waals surface area (Å²) in [6.07, 6.45) is 0. The van der Waals surface area contributed by atoms with E-state index in [2.05, 4.69) is 26.5 Å². The van der Waals surface area contributed by atoms with Gasteiger partial charge in [-0.15, -0.1) is 11.8 Å². The number of hydrazone groups is 1. The lowest BCUT2D eigenvalue weighted by atomic mass is 10.1. The summed E-state index contributed by atoms with van der Waals surface area (Å²) in [5.41, 5.74) is 5.42. The first-order valence-corrected chi connectivity index (χ1v) is 9.29. The zero-order valence-corrected chi connectivity index (χ0v) is 15.7. The van der Waals surface area contributed by atoms with Crippen LogP contribution in [0.15, 0.2) is 58.1 Å². The van der Waals surface area contributed by atoms with Crippen molar-refractivity contribution in [2.24, 2.45) is 5.10 Å². The zero-order valence-electron chi connectivity index (χ0n) is 12.6. The average Bonchev–Trinajstić information content (AvgIpc) is 2.55. The van der Waals surface area contributed by atoms with Crippen LogP contribution in [0.4, 0.5) is 0 Å². The number of hydrogen-bond acceptors (Lipinski definition) is 3. The fourth-order valence-corrected chi connectivity index (χ4v) is 3.36. The van der Waals surface area contributed by atoms with Gasteiger partial charge < -0.3 is 0 Å². The second kappa shape index (κ2) is 9.11. The molecule has 1 N–H and O–H groups in total. The van der Waals surface area contributed by atoms with Gasteiger partial charge in [0, 0.05) is 15.2 Å². The molecule has 0 unspecified atom stereocenters. The van der Waals surface area contributed by atoms with Gasteiger partial charge in [0.15, 0.2) is 0 Å². The Morgan fingerprint density at radius 1 is 1.22 bits per heavy atom. The summed E-state index contributed by atoms with van der Waals surface area (Å²) in [5.74, 6) is 1.02. The quantitative estimate of drug-likeness (QED) is 0.544. The Balaban J connectivity index is 1.79. The van der Waals surface area contributed by atoms with Gasteiger partial charge in [-0.05, 0) is 36.2 Å². The molecule has 0 heterocycles. The first-order valence-electron chi connectivity index (χ1n) is 6.96. The summed E-state index contributed by atoms with van der Waals surface area (Å²) < 4.78 is 1.06. The molecule has 2 aromatic carbocycles. The van der Waals surface area contributed by atoms with Crippen LogP contribution in [-0.2, 0) is 10.5 Å². The lowest BCUT2D eigenvalue weighted by molar-refractivity contribution is -0.118. The number of carbonyl (C=O) groups is 1. The number of halogens is 2. The van der Waals surface area contributed by atoms with E-state index in [4.69, 9.17) is 11.6 Å². The molecule has 23 heavy (non-hydrogen) atoms. The van der Waals surface area contributed by atoms with Crippen molar-refractivity contribution >= 4 is 50.9 Å². The van der Waals surface area contributed by atoms with Crippen LogP contribution in [0.2, 0.25) is 5.02 Å². The van der Waals surface area contributed by atoms with E-state index in [9.17, 15) is 4.79 Å². The molecule has 0 atom stereocenters. The molecule has 0 radical (unpaired) electrons. The predicted octanol–water partition coefficient (Wildman–Crippen LogP) is 4.88. The highest BCUT2D eigenvalue weighted by atomic mass is 79.9. The van der Waals surface area contributed by atoms with E-state index >= 15 is 0 Å². The van der Waals surface area contributed by atoms with Crippen LogP contribution < -0.4 is 5.43 Å². The van der Waals surface area contributed by atoms with E-state index in [1.807, 2.05) is 43.3 Å². The fourth-order valence-electron chi connectivity index (χ4n) is 1.80. The molecule has 120 valence electrons. The van der Waals surface area contributed by atoms with Gasteiger partial charge in [0.1, 0.15) is 0 Å². The molecule has 0 saturated carbocycles. The van der Waals surface area contributed by atoms with Crippen molar-refractivity contribution in [3.8, 4) is 0 Å². The molecule has 6 heteroatoms. The summed E-state index contributed by atoms with van der Waals surface area (Å²) in [6.45, 7) is 1.84. The molecule has 0 spiro atoms. The Morgan fingerprint density at radius 2 is 1.91 bits per heavy atom. The Bertz CT molecular complexity index is 704. The van der Waals surface area contributed by atoms with Gasteiger partial charge in [-0.3, -0.25) is 4.79 Å². The highest BCUT2D eigenvalue weighted by molar-refractivity contribution is 9.10. The standard InChI is InChI=1S/C17H16BrClN2OS/c1-12(13-6-8-15(19)9-7-13)20-21-17(22)11-23-10-14-4-2-3-5-16(14)18/h2-9H,10-11H2,1H3,(H,21,22)/b20-12-. The maximum atomic E-state index is 11.8. The van der Waals surface area contributed by atoms with E-state index in [1.165, 1.54) is 5.56 Å². The van der Waals surface area contributed by atoms with Gasteiger partial charge >= 0.3 is 0 Å². The molecular formula is C17H16BrClN2OS. The van der Waals surface area contributed by atoms with Gasteiger partial charge in [-0.2, -0.15) is 5.10 Å². The Morgan fingerprint density at radius 3 is 2.61 bits per heavy atom. The number of carbonyl (C=O) groups excluding carboxylic acids is 1. The second-order valence-corrected chi connectivity index (χ2v) is 7.10. The van der Waals surface area contributed by atoms with Crippen molar-refractivity contribution in [1.29, 1.82) is 0 Å².